The summed E-state index contributed by atoms with van der Waals surface area (Å²) in [5.41, 5.74) is 6.77. The molecule has 4 N–H and O–H groups in total. The van der Waals surface area contributed by atoms with Gasteiger partial charge in [0.05, 0.1) is 11.4 Å². The molecule has 0 aliphatic heterocycles. The SMILES string of the molecule is CC1(C)CCCC1C(=O)Nc1cc(O)ccc1N. The number of hydrogen-bond donors (Lipinski definition) is 3. The molecule has 1 unspecified atom stereocenters. The first-order chi connectivity index (χ1) is 8.40. The van der Waals surface area contributed by atoms with E-state index in [0.29, 0.717) is 11.4 Å². The van der Waals surface area contributed by atoms with Crippen LogP contribution in [0.25, 0.3) is 0 Å². The highest BCUT2D eigenvalue weighted by molar-refractivity contribution is 5.96. The van der Waals surface area contributed by atoms with E-state index in [0.717, 1.165) is 19.3 Å². The highest BCUT2D eigenvalue weighted by Crippen LogP contribution is 2.43. The number of aromatic hydroxyl groups is 1. The zero-order valence-corrected chi connectivity index (χ0v) is 10.9. The fourth-order valence-corrected chi connectivity index (χ4v) is 2.69. The highest BCUT2D eigenvalue weighted by atomic mass is 16.3. The molecule has 4 nitrogen and oxygen atoms in total. The summed E-state index contributed by atoms with van der Waals surface area (Å²) in [6, 6.07) is 4.57. The lowest BCUT2D eigenvalue weighted by Gasteiger charge is -2.26. The minimum absolute atomic E-state index is 0.00481. The normalized spacial score (nSPS) is 21.8. The van der Waals surface area contributed by atoms with Gasteiger partial charge in [-0.3, -0.25) is 4.79 Å². The molecule has 1 aromatic carbocycles. The van der Waals surface area contributed by atoms with Crippen LogP contribution in [0, 0.1) is 11.3 Å². The largest absolute Gasteiger partial charge is 0.508 e. The Morgan fingerprint density at radius 1 is 1.50 bits per heavy atom. The van der Waals surface area contributed by atoms with Crippen molar-refractivity contribution < 1.29 is 9.90 Å². The zero-order chi connectivity index (χ0) is 13.3. The number of carbonyl (C=O) groups is 1. The van der Waals surface area contributed by atoms with E-state index in [4.69, 9.17) is 5.73 Å². The monoisotopic (exact) mass is 248 g/mol. The number of amides is 1. The molecule has 18 heavy (non-hydrogen) atoms. The molecule has 1 aliphatic rings. The molecular formula is C14H20N2O2. The molecule has 1 atom stereocenters. The van der Waals surface area contributed by atoms with Crippen molar-refractivity contribution in [2.45, 2.75) is 33.1 Å². The average molecular weight is 248 g/mol. The molecule has 0 radical (unpaired) electrons. The maximum atomic E-state index is 12.2. The molecule has 1 aromatic rings. The third-order valence-electron chi connectivity index (χ3n) is 3.87. The Labute approximate surface area is 107 Å². The number of benzene rings is 1. The van der Waals surface area contributed by atoms with Crippen molar-refractivity contribution in [3.63, 3.8) is 0 Å². The number of phenols is 1. The number of carbonyl (C=O) groups excluding carboxylic acids is 1. The number of rotatable bonds is 2. The van der Waals surface area contributed by atoms with Crippen LogP contribution in [0.5, 0.6) is 5.75 Å². The quantitative estimate of drug-likeness (QED) is 0.556. The van der Waals surface area contributed by atoms with Gasteiger partial charge in [0, 0.05) is 12.0 Å². The van der Waals surface area contributed by atoms with Crippen LogP contribution >= 0.6 is 0 Å². The standard InChI is InChI=1S/C14H20N2O2/c1-14(2)7-3-4-10(14)13(18)16-12-8-9(17)5-6-11(12)15/h5-6,8,10,17H,3-4,7,15H2,1-2H3,(H,16,18). The summed E-state index contributed by atoms with van der Waals surface area (Å²) in [6.07, 6.45) is 3.07. The molecule has 0 spiro atoms. The van der Waals surface area contributed by atoms with Gasteiger partial charge in [0.25, 0.3) is 0 Å². The van der Waals surface area contributed by atoms with E-state index in [-0.39, 0.29) is 23.0 Å². The lowest BCUT2D eigenvalue weighted by molar-refractivity contribution is -0.122. The Balaban J connectivity index is 2.14. The van der Waals surface area contributed by atoms with Crippen LogP contribution in [0.3, 0.4) is 0 Å². The zero-order valence-electron chi connectivity index (χ0n) is 10.9. The number of anilines is 2. The predicted octanol–water partition coefficient (Wildman–Crippen LogP) is 2.74. The van der Waals surface area contributed by atoms with E-state index in [9.17, 15) is 9.90 Å². The van der Waals surface area contributed by atoms with E-state index in [1.54, 1.807) is 6.07 Å². The molecule has 0 aromatic heterocycles. The fourth-order valence-electron chi connectivity index (χ4n) is 2.69. The van der Waals surface area contributed by atoms with Crippen molar-refractivity contribution >= 4 is 17.3 Å². The Hall–Kier alpha value is -1.71. The lowest BCUT2D eigenvalue weighted by atomic mass is 9.81. The van der Waals surface area contributed by atoms with Crippen LogP contribution < -0.4 is 11.1 Å². The highest BCUT2D eigenvalue weighted by Gasteiger charge is 2.39. The summed E-state index contributed by atoms with van der Waals surface area (Å²) in [4.78, 5) is 12.2. The van der Waals surface area contributed by atoms with Gasteiger partial charge in [0.2, 0.25) is 5.91 Å². The van der Waals surface area contributed by atoms with Crippen molar-refractivity contribution in [1.29, 1.82) is 0 Å². The summed E-state index contributed by atoms with van der Waals surface area (Å²) in [5, 5.41) is 12.2. The number of nitrogens with one attached hydrogen (secondary N) is 1. The Kier molecular flexibility index (Phi) is 3.20. The van der Waals surface area contributed by atoms with Gasteiger partial charge in [-0.05, 0) is 30.4 Å². The number of nitrogen functional groups attached to an aromatic ring is 1. The maximum absolute atomic E-state index is 12.2. The van der Waals surface area contributed by atoms with Crippen LogP contribution in [-0.4, -0.2) is 11.0 Å². The molecule has 0 bridgehead atoms. The number of hydrogen-bond acceptors (Lipinski definition) is 3. The van der Waals surface area contributed by atoms with Crippen molar-refractivity contribution in [2.75, 3.05) is 11.1 Å². The second-order valence-electron chi connectivity index (χ2n) is 5.69. The van der Waals surface area contributed by atoms with Gasteiger partial charge in [-0.1, -0.05) is 20.3 Å². The summed E-state index contributed by atoms with van der Waals surface area (Å²) < 4.78 is 0. The molecule has 4 heteroatoms. The Morgan fingerprint density at radius 3 is 2.83 bits per heavy atom. The van der Waals surface area contributed by atoms with Gasteiger partial charge in [-0.25, -0.2) is 0 Å². The van der Waals surface area contributed by atoms with E-state index in [1.165, 1.54) is 12.1 Å². The average Bonchev–Trinajstić information content (AvgIpc) is 2.63. The fraction of sp³-hybridized carbons (Fsp3) is 0.500. The van der Waals surface area contributed by atoms with Crippen LogP contribution in [0.4, 0.5) is 11.4 Å². The van der Waals surface area contributed by atoms with Crippen LogP contribution in [0.1, 0.15) is 33.1 Å². The first kappa shape index (κ1) is 12.7. The minimum atomic E-state index is -0.00481. The molecule has 1 amide bonds. The molecule has 1 aliphatic carbocycles. The first-order valence-corrected chi connectivity index (χ1v) is 6.29. The van der Waals surface area contributed by atoms with Gasteiger partial charge in [-0.2, -0.15) is 0 Å². The molecule has 2 rings (SSSR count). The second-order valence-corrected chi connectivity index (χ2v) is 5.69. The maximum Gasteiger partial charge on any atom is 0.228 e. The molecule has 0 saturated heterocycles. The predicted molar refractivity (Wildman–Crippen MR) is 72.3 cm³/mol. The van der Waals surface area contributed by atoms with E-state index < -0.39 is 0 Å². The van der Waals surface area contributed by atoms with E-state index in [2.05, 4.69) is 19.2 Å². The molecule has 0 heterocycles. The lowest BCUT2D eigenvalue weighted by Crippen LogP contribution is -2.31. The van der Waals surface area contributed by atoms with Gasteiger partial charge < -0.3 is 16.2 Å². The third kappa shape index (κ3) is 2.42. The first-order valence-electron chi connectivity index (χ1n) is 6.29. The summed E-state index contributed by atoms with van der Waals surface area (Å²) in [7, 11) is 0. The van der Waals surface area contributed by atoms with Gasteiger partial charge >= 0.3 is 0 Å². The number of phenolic OH excluding ortho intramolecular Hbond substituents is 1. The van der Waals surface area contributed by atoms with Gasteiger partial charge in [0.1, 0.15) is 5.75 Å². The van der Waals surface area contributed by atoms with Crippen molar-refractivity contribution in [3.05, 3.63) is 18.2 Å². The topological polar surface area (TPSA) is 75.3 Å². The second kappa shape index (κ2) is 4.52. The summed E-state index contributed by atoms with van der Waals surface area (Å²) in [5.74, 6) is 0.110. The molecule has 98 valence electrons. The Morgan fingerprint density at radius 2 is 2.22 bits per heavy atom. The van der Waals surface area contributed by atoms with Gasteiger partial charge in [-0.15, -0.1) is 0 Å². The molecule has 1 fully saturated rings. The van der Waals surface area contributed by atoms with Crippen LogP contribution in [0.15, 0.2) is 18.2 Å². The minimum Gasteiger partial charge on any atom is -0.508 e. The van der Waals surface area contributed by atoms with Crippen molar-refractivity contribution in [1.82, 2.24) is 0 Å². The van der Waals surface area contributed by atoms with Gasteiger partial charge in [0.15, 0.2) is 0 Å². The third-order valence-corrected chi connectivity index (χ3v) is 3.87. The summed E-state index contributed by atoms with van der Waals surface area (Å²) in [6.45, 7) is 4.24. The van der Waals surface area contributed by atoms with E-state index in [1.807, 2.05) is 0 Å². The van der Waals surface area contributed by atoms with E-state index >= 15 is 0 Å². The van der Waals surface area contributed by atoms with Crippen molar-refractivity contribution in [2.24, 2.45) is 11.3 Å². The Bertz CT molecular complexity index is 469. The molecular weight excluding hydrogens is 228 g/mol. The molecule has 1 saturated carbocycles. The summed E-state index contributed by atoms with van der Waals surface area (Å²) >= 11 is 0. The van der Waals surface area contributed by atoms with Crippen LogP contribution in [-0.2, 0) is 4.79 Å². The van der Waals surface area contributed by atoms with Crippen LogP contribution in [0.2, 0.25) is 0 Å². The smallest absolute Gasteiger partial charge is 0.228 e. The number of nitrogens with two attached hydrogens (primary N) is 1. The van der Waals surface area contributed by atoms with Crippen molar-refractivity contribution in [3.8, 4) is 5.75 Å².